The zero-order valence-corrected chi connectivity index (χ0v) is 8.59. The predicted molar refractivity (Wildman–Crippen MR) is 48.1 cm³/mol. The van der Waals surface area contributed by atoms with Gasteiger partial charge in [-0.3, -0.25) is 9.59 Å². The molecule has 0 aromatic carbocycles. The smallest absolute Gasteiger partial charge is 0.322 e. The summed E-state index contributed by atoms with van der Waals surface area (Å²) in [5, 5.41) is 10.8. The molecule has 14 heavy (non-hydrogen) atoms. The zero-order valence-electron chi connectivity index (χ0n) is 7.77. The highest BCUT2D eigenvalue weighted by molar-refractivity contribution is 7.88. The Bertz CT molecular complexity index is 323. The lowest BCUT2D eigenvalue weighted by Crippen LogP contribution is -2.43. The molecule has 0 aliphatic carbocycles. The highest BCUT2D eigenvalue weighted by Crippen LogP contribution is 1.94. The topological polar surface area (TPSA) is 113 Å². The summed E-state index contributed by atoms with van der Waals surface area (Å²) in [6, 6.07) is -1.43. The van der Waals surface area contributed by atoms with Crippen LogP contribution in [0.15, 0.2) is 0 Å². The van der Waals surface area contributed by atoms with E-state index in [0.717, 1.165) is 6.26 Å². The lowest BCUT2D eigenvalue weighted by atomic mass is 10.2. The molecular formula is C6H12N2O5S. The van der Waals surface area contributed by atoms with Crippen LogP contribution in [0.5, 0.6) is 0 Å². The summed E-state index contributed by atoms with van der Waals surface area (Å²) in [4.78, 5) is 21.3. The van der Waals surface area contributed by atoms with Gasteiger partial charge in [0.05, 0.1) is 12.7 Å². The Hall–Kier alpha value is -1.15. The van der Waals surface area contributed by atoms with E-state index in [-0.39, 0.29) is 0 Å². The molecule has 0 spiro atoms. The number of hydrogen-bond acceptors (Lipinski definition) is 4. The van der Waals surface area contributed by atoms with Gasteiger partial charge in [-0.15, -0.1) is 0 Å². The molecule has 7 nitrogen and oxygen atoms in total. The van der Waals surface area contributed by atoms with Crippen LogP contribution in [0.1, 0.15) is 6.42 Å². The van der Waals surface area contributed by atoms with Crippen LogP contribution in [0.25, 0.3) is 0 Å². The summed E-state index contributed by atoms with van der Waals surface area (Å²) in [5.74, 6) is -1.94. The van der Waals surface area contributed by atoms with Gasteiger partial charge in [0.15, 0.2) is 0 Å². The van der Waals surface area contributed by atoms with E-state index < -0.39 is 34.4 Å². The van der Waals surface area contributed by atoms with Gasteiger partial charge < -0.3 is 10.4 Å². The fraction of sp³-hybridized carbons (Fsp3) is 0.667. The van der Waals surface area contributed by atoms with Crippen molar-refractivity contribution in [3.8, 4) is 0 Å². The van der Waals surface area contributed by atoms with Crippen molar-refractivity contribution in [2.75, 3.05) is 13.3 Å². The Kier molecular flexibility index (Phi) is 4.51. The van der Waals surface area contributed by atoms with E-state index >= 15 is 0 Å². The summed E-state index contributed by atoms with van der Waals surface area (Å²) >= 11 is 0. The van der Waals surface area contributed by atoms with Gasteiger partial charge in [-0.25, -0.2) is 13.1 Å². The van der Waals surface area contributed by atoms with Crippen LogP contribution in [0.3, 0.4) is 0 Å². The Morgan fingerprint density at radius 1 is 1.43 bits per heavy atom. The molecule has 0 saturated heterocycles. The number of hydrogen-bond donors (Lipinski definition) is 3. The summed E-state index contributed by atoms with van der Waals surface area (Å²) in [6.45, 7) is 0. The zero-order chi connectivity index (χ0) is 11.4. The van der Waals surface area contributed by atoms with Crippen molar-refractivity contribution >= 4 is 21.9 Å². The van der Waals surface area contributed by atoms with E-state index in [9.17, 15) is 18.0 Å². The molecule has 1 atom stereocenters. The van der Waals surface area contributed by atoms with E-state index in [1.807, 2.05) is 4.72 Å². The number of carboxylic acid groups (broad SMARTS) is 1. The van der Waals surface area contributed by atoms with Crippen LogP contribution in [-0.4, -0.2) is 44.7 Å². The molecule has 0 heterocycles. The van der Waals surface area contributed by atoms with Gasteiger partial charge in [-0.2, -0.15) is 0 Å². The van der Waals surface area contributed by atoms with Crippen molar-refractivity contribution in [3.63, 3.8) is 0 Å². The number of carboxylic acids is 1. The molecular weight excluding hydrogens is 212 g/mol. The summed E-state index contributed by atoms with van der Waals surface area (Å²) in [5.41, 5.74) is 0. The first-order valence-electron chi connectivity index (χ1n) is 3.67. The van der Waals surface area contributed by atoms with E-state index in [1.54, 1.807) is 0 Å². The van der Waals surface area contributed by atoms with Crippen LogP contribution in [0, 0.1) is 0 Å². The monoisotopic (exact) mass is 224 g/mol. The van der Waals surface area contributed by atoms with Gasteiger partial charge in [-0.1, -0.05) is 0 Å². The second-order valence-electron chi connectivity index (χ2n) is 2.66. The predicted octanol–water partition coefficient (Wildman–Crippen LogP) is -1.88. The number of sulfonamides is 1. The van der Waals surface area contributed by atoms with Crippen LogP contribution in [-0.2, 0) is 19.6 Å². The molecule has 0 radical (unpaired) electrons. The molecule has 0 aliphatic rings. The molecule has 0 aliphatic heterocycles. The van der Waals surface area contributed by atoms with Gasteiger partial charge in [0.25, 0.3) is 0 Å². The van der Waals surface area contributed by atoms with E-state index in [4.69, 9.17) is 5.11 Å². The summed E-state index contributed by atoms with van der Waals surface area (Å²) in [6.07, 6.45) is 0.395. The average molecular weight is 224 g/mol. The second kappa shape index (κ2) is 4.91. The van der Waals surface area contributed by atoms with Crippen LogP contribution < -0.4 is 10.0 Å². The maximum Gasteiger partial charge on any atom is 0.322 e. The number of carbonyl (C=O) groups excluding carboxylic acids is 1. The number of nitrogens with one attached hydrogen (secondary N) is 2. The Morgan fingerprint density at radius 3 is 2.21 bits per heavy atom. The first-order valence-corrected chi connectivity index (χ1v) is 5.56. The first-order chi connectivity index (χ1) is 6.26. The summed E-state index contributed by atoms with van der Waals surface area (Å²) < 4.78 is 23.3. The molecule has 1 amide bonds. The van der Waals surface area contributed by atoms with Crippen LogP contribution >= 0.6 is 0 Å². The minimum absolute atomic E-state index is 0.432. The summed E-state index contributed by atoms with van der Waals surface area (Å²) in [7, 11) is -2.30. The maximum atomic E-state index is 10.8. The fourth-order valence-electron chi connectivity index (χ4n) is 0.725. The van der Waals surface area contributed by atoms with Crippen molar-refractivity contribution in [2.45, 2.75) is 12.5 Å². The SMILES string of the molecule is CNC(=O)CC(NS(C)(=O)=O)C(=O)O. The molecule has 0 aromatic rings. The van der Waals surface area contributed by atoms with Crippen molar-refractivity contribution < 1.29 is 23.1 Å². The van der Waals surface area contributed by atoms with Crippen molar-refractivity contribution in [1.82, 2.24) is 10.0 Å². The third-order valence-electron chi connectivity index (χ3n) is 1.32. The van der Waals surface area contributed by atoms with Gasteiger partial charge in [0.1, 0.15) is 6.04 Å². The molecule has 0 rings (SSSR count). The van der Waals surface area contributed by atoms with E-state index in [0.29, 0.717) is 0 Å². The standard InChI is InChI=1S/C6H12N2O5S/c1-7-5(9)3-4(6(10)11)8-14(2,12)13/h4,8H,3H2,1-2H3,(H,7,9)(H,10,11). The largest absolute Gasteiger partial charge is 0.480 e. The Morgan fingerprint density at radius 2 is 1.93 bits per heavy atom. The molecule has 0 fully saturated rings. The van der Waals surface area contributed by atoms with Gasteiger partial charge in [0, 0.05) is 7.05 Å². The lowest BCUT2D eigenvalue weighted by Gasteiger charge is -2.11. The Labute approximate surface area is 81.5 Å². The molecule has 3 N–H and O–H groups in total. The van der Waals surface area contributed by atoms with Gasteiger partial charge >= 0.3 is 5.97 Å². The normalized spacial score (nSPS) is 13.3. The minimum Gasteiger partial charge on any atom is -0.480 e. The highest BCUT2D eigenvalue weighted by Gasteiger charge is 2.23. The van der Waals surface area contributed by atoms with Gasteiger partial charge in [0.2, 0.25) is 15.9 Å². The number of aliphatic carboxylic acids is 1. The molecule has 1 unspecified atom stereocenters. The first kappa shape index (κ1) is 12.8. The number of amides is 1. The fourth-order valence-corrected chi connectivity index (χ4v) is 1.43. The third kappa shape index (κ3) is 5.49. The molecule has 0 saturated carbocycles. The quantitative estimate of drug-likeness (QED) is 0.506. The maximum absolute atomic E-state index is 10.8. The molecule has 82 valence electrons. The molecule has 0 bridgehead atoms. The third-order valence-corrected chi connectivity index (χ3v) is 2.04. The number of carbonyl (C=O) groups is 2. The number of rotatable bonds is 5. The molecule has 8 heteroatoms. The lowest BCUT2D eigenvalue weighted by molar-refractivity contribution is -0.140. The Balaban J connectivity index is 4.47. The van der Waals surface area contributed by atoms with Gasteiger partial charge in [-0.05, 0) is 0 Å². The van der Waals surface area contributed by atoms with Crippen molar-refractivity contribution in [2.24, 2.45) is 0 Å². The van der Waals surface area contributed by atoms with Crippen LogP contribution in [0.2, 0.25) is 0 Å². The van der Waals surface area contributed by atoms with Crippen molar-refractivity contribution in [3.05, 3.63) is 0 Å². The second-order valence-corrected chi connectivity index (χ2v) is 4.44. The van der Waals surface area contributed by atoms with E-state index in [2.05, 4.69) is 5.32 Å². The minimum atomic E-state index is -3.63. The average Bonchev–Trinajstić information content (AvgIpc) is 2.00. The van der Waals surface area contributed by atoms with Crippen LogP contribution in [0.4, 0.5) is 0 Å². The van der Waals surface area contributed by atoms with E-state index in [1.165, 1.54) is 7.05 Å². The highest BCUT2D eigenvalue weighted by atomic mass is 32.2. The molecule has 0 aromatic heterocycles. The van der Waals surface area contributed by atoms with Crippen molar-refractivity contribution in [1.29, 1.82) is 0 Å².